The monoisotopic (exact) mass is 225 g/mol. The van der Waals surface area contributed by atoms with Crippen molar-refractivity contribution in [2.45, 2.75) is 38.6 Å². The van der Waals surface area contributed by atoms with Gasteiger partial charge in [0.05, 0.1) is 6.20 Å². The summed E-state index contributed by atoms with van der Waals surface area (Å²) < 4.78 is 0. The standard InChI is InChI=1S/C11H16ClN3/c1-2-9-5-3-4-6-15(9)11-10(12)7-13-8-14-11/h7-9H,2-6H2,1H3. The molecule has 0 amide bonds. The maximum Gasteiger partial charge on any atom is 0.151 e. The van der Waals surface area contributed by atoms with Crippen LogP contribution in [0.2, 0.25) is 5.02 Å². The van der Waals surface area contributed by atoms with Crippen molar-refractivity contribution < 1.29 is 0 Å². The fourth-order valence-corrected chi connectivity index (χ4v) is 2.44. The summed E-state index contributed by atoms with van der Waals surface area (Å²) in [5.74, 6) is 0.901. The lowest BCUT2D eigenvalue weighted by Crippen LogP contribution is -2.39. The van der Waals surface area contributed by atoms with Crippen LogP contribution < -0.4 is 4.90 Å². The average Bonchev–Trinajstić information content (AvgIpc) is 2.30. The summed E-state index contributed by atoms with van der Waals surface area (Å²) in [6.07, 6.45) is 8.19. The van der Waals surface area contributed by atoms with Gasteiger partial charge in [0.15, 0.2) is 5.82 Å². The highest BCUT2D eigenvalue weighted by atomic mass is 35.5. The van der Waals surface area contributed by atoms with Crippen LogP contribution in [0, 0.1) is 0 Å². The molecule has 0 spiro atoms. The van der Waals surface area contributed by atoms with Crippen molar-refractivity contribution in [3.8, 4) is 0 Å². The molecule has 1 aromatic rings. The molecule has 1 atom stereocenters. The van der Waals surface area contributed by atoms with Crippen LogP contribution in [-0.2, 0) is 0 Å². The summed E-state index contributed by atoms with van der Waals surface area (Å²) in [5, 5.41) is 0.665. The van der Waals surface area contributed by atoms with Crippen LogP contribution in [0.25, 0.3) is 0 Å². The van der Waals surface area contributed by atoms with E-state index in [0.29, 0.717) is 11.1 Å². The fraction of sp³-hybridized carbons (Fsp3) is 0.636. The molecular formula is C11H16ClN3. The SMILES string of the molecule is CCC1CCCCN1c1ncncc1Cl. The van der Waals surface area contributed by atoms with Gasteiger partial charge in [-0.3, -0.25) is 0 Å². The Morgan fingerprint density at radius 1 is 1.53 bits per heavy atom. The molecular weight excluding hydrogens is 210 g/mol. The Kier molecular flexibility index (Phi) is 3.41. The third kappa shape index (κ3) is 2.23. The maximum absolute atomic E-state index is 6.11. The zero-order chi connectivity index (χ0) is 10.7. The zero-order valence-corrected chi connectivity index (χ0v) is 9.74. The molecule has 1 aromatic heterocycles. The van der Waals surface area contributed by atoms with E-state index in [1.807, 2.05) is 0 Å². The Hall–Kier alpha value is -0.830. The van der Waals surface area contributed by atoms with Gasteiger partial charge in [-0.15, -0.1) is 0 Å². The van der Waals surface area contributed by atoms with Gasteiger partial charge in [-0.05, 0) is 25.7 Å². The predicted molar refractivity (Wildman–Crippen MR) is 62.3 cm³/mol. The first-order valence-corrected chi connectivity index (χ1v) is 5.93. The third-order valence-electron chi connectivity index (χ3n) is 3.02. The second-order valence-corrected chi connectivity index (χ2v) is 4.35. The smallest absolute Gasteiger partial charge is 0.151 e. The summed E-state index contributed by atoms with van der Waals surface area (Å²) in [7, 11) is 0. The lowest BCUT2D eigenvalue weighted by Gasteiger charge is -2.36. The number of piperidine rings is 1. The summed E-state index contributed by atoms with van der Waals surface area (Å²) in [6.45, 7) is 3.29. The molecule has 15 heavy (non-hydrogen) atoms. The van der Waals surface area contributed by atoms with Crippen molar-refractivity contribution in [3.63, 3.8) is 0 Å². The van der Waals surface area contributed by atoms with E-state index in [2.05, 4.69) is 21.8 Å². The molecule has 0 N–H and O–H groups in total. The van der Waals surface area contributed by atoms with E-state index in [-0.39, 0.29) is 0 Å². The van der Waals surface area contributed by atoms with Gasteiger partial charge < -0.3 is 4.90 Å². The zero-order valence-electron chi connectivity index (χ0n) is 8.99. The second-order valence-electron chi connectivity index (χ2n) is 3.95. The molecule has 1 aliphatic heterocycles. The molecule has 1 aliphatic rings. The van der Waals surface area contributed by atoms with E-state index in [9.17, 15) is 0 Å². The number of hydrogen-bond acceptors (Lipinski definition) is 3. The van der Waals surface area contributed by atoms with E-state index in [4.69, 9.17) is 11.6 Å². The van der Waals surface area contributed by atoms with Crippen molar-refractivity contribution in [1.29, 1.82) is 0 Å². The van der Waals surface area contributed by atoms with Crippen LogP contribution >= 0.6 is 11.6 Å². The molecule has 0 aliphatic carbocycles. The van der Waals surface area contributed by atoms with Gasteiger partial charge in [0.1, 0.15) is 11.3 Å². The molecule has 2 heterocycles. The quantitative estimate of drug-likeness (QED) is 0.775. The minimum absolute atomic E-state index is 0.589. The molecule has 3 nitrogen and oxygen atoms in total. The number of nitrogens with zero attached hydrogens (tertiary/aromatic N) is 3. The van der Waals surface area contributed by atoms with Gasteiger partial charge in [-0.2, -0.15) is 0 Å². The topological polar surface area (TPSA) is 29.0 Å². The van der Waals surface area contributed by atoms with E-state index >= 15 is 0 Å². The molecule has 1 saturated heterocycles. The molecule has 1 fully saturated rings. The molecule has 0 bridgehead atoms. The van der Waals surface area contributed by atoms with Crippen molar-refractivity contribution in [1.82, 2.24) is 9.97 Å². The van der Waals surface area contributed by atoms with Gasteiger partial charge in [0, 0.05) is 12.6 Å². The van der Waals surface area contributed by atoms with Crippen molar-refractivity contribution in [2.24, 2.45) is 0 Å². The largest absolute Gasteiger partial charge is 0.352 e. The highest BCUT2D eigenvalue weighted by Crippen LogP contribution is 2.29. The van der Waals surface area contributed by atoms with E-state index in [0.717, 1.165) is 18.8 Å². The Morgan fingerprint density at radius 2 is 2.40 bits per heavy atom. The van der Waals surface area contributed by atoms with Gasteiger partial charge in [-0.25, -0.2) is 9.97 Å². The molecule has 0 saturated carbocycles. The number of anilines is 1. The number of halogens is 1. The lowest BCUT2D eigenvalue weighted by atomic mass is 10.0. The van der Waals surface area contributed by atoms with E-state index in [1.165, 1.54) is 19.3 Å². The third-order valence-corrected chi connectivity index (χ3v) is 3.29. The van der Waals surface area contributed by atoms with Gasteiger partial charge in [0.2, 0.25) is 0 Å². The Morgan fingerprint density at radius 3 is 3.13 bits per heavy atom. The van der Waals surface area contributed by atoms with Gasteiger partial charge in [0.25, 0.3) is 0 Å². The number of hydrogen-bond donors (Lipinski definition) is 0. The first kappa shape index (κ1) is 10.7. The molecule has 0 radical (unpaired) electrons. The highest BCUT2D eigenvalue weighted by Gasteiger charge is 2.23. The maximum atomic E-state index is 6.11. The van der Waals surface area contributed by atoms with E-state index < -0.39 is 0 Å². The highest BCUT2D eigenvalue weighted by molar-refractivity contribution is 6.32. The van der Waals surface area contributed by atoms with Crippen molar-refractivity contribution >= 4 is 17.4 Å². The van der Waals surface area contributed by atoms with Crippen LogP contribution in [0.4, 0.5) is 5.82 Å². The van der Waals surface area contributed by atoms with Gasteiger partial charge >= 0.3 is 0 Å². The van der Waals surface area contributed by atoms with E-state index in [1.54, 1.807) is 12.5 Å². The van der Waals surface area contributed by atoms with Crippen LogP contribution in [0.5, 0.6) is 0 Å². The second kappa shape index (κ2) is 4.79. The Labute approximate surface area is 95.5 Å². The Bertz CT molecular complexity index is 329. The Balaban J connectivity index is 2.24. The van der Waals surface area contributed by atoms with Crippen molar-refractivity contribution in [2.75, 3.05) is 11.4 Å². The summed E-state index contributed by atoms with van der Waals surface area (Å²) in [5.41, 5.74) is 0. The lowest BCUT2D eigenvalue weighted by molar-refractivity contribution is 0.446. The van der Waals surface area contributed by atoms with Crippen LogP contribution in [0.15, 0.2) is 12.5 Å². The summed E-state index contributed by atoms with van der Waals surface area (Å²) in [4.78, 5) is 10.5. The molecule has 1 unspecified atom stereocenters. The number of rotatable bonds is 2. The van der Waals surface area contributed by atoms with Gasteiger partial charge in [-0.1, -0.05) is 18.5 Å². The molecule has 0 aromatic carbocycles. The van der Waals surface area contributed by atoms with Crippen LogP contribution in [0.3, 0.4) is 0 Å². The normalized spacial score (nSPS) is 21.7. The predicted octanol–water partition coefficient (Wildman–Crippen LogP) is 2.90. The first-order chi connectivity index (χ1) is 7.33. The number of aromatic nitrogens is 2. The van der Waals surface area contributed by atoms with Crippen molar-refractivity contribution in [3.05, 3.63) is 17.5 Å². The van der Waals surface area contributed by atoms with Crippen LogP contribution in [-0.4, -0.2) is 22.6 Å². The molecule has 2 rings (SSSR count). The minimum Gasteiger partial charge on any atom is -0.352 e. The molecule has 4 heteroatoms. The van der Waals surface area contributed by atoms with Crippen LogP contribution in [0.1, 0.15) is 32.6 Å². The first-order valence-electron chi connectivity index (χ1n) is 5.55. The average molecular weight is 226 g/mol. The summed E-state index contributed by atoms with van der Waals surface area (Å²) in [6, 6.07) is 0.589. The fourth-order valence-electron chi connectivity index (χ4n) is 2.22. The molecule has 82 valence electrons. The summed E-state index contributed by atoms with van der Waals surface area (Å²) >= 11 is 6.11. The minimum atomic E-state index is 0.589.